The van der Waals surface area contributed by atoms with Crippen molar-refractivity contribution in [2.75, 3.05) is 13.1 Å². The molecule has 0 saturated carbocycles. The maximum atomic E-state index is 12.1. The number of hydrogen-bond acceptors (Lipinski definition) is 4. The highest BCUT2D eigenvalue weighted by Gasteiger charge is 2.16. The number of carboxylic acid groups (broad SMARTS) is 1. The van der Waals surface area contributed by atoms with Crippen LogP contribution in [-0.2, 0) is 4.79 Å². The Morgan fingerprint density at radius 3 is 2.40 bits per heavy atom. The van der Waals surface area contributed by atoms with Crippen molar-refractivity contribution in [1.29, 1.82) is 0 Å². The van der Waals surface area contributed by atoms with Gasteiger partial charge in [-0.2, -0.15) is 0 Å². The molecular formula is C13H14N2O5. The zero-order valence-electron chi connectivity index (χ0n) is 10.7. The number of carboxylic acids is 1. The fourth-order valence-electron chi connectivity index (χ4n) is 1.57. The fourth-order valence-corrected chi connectivity index (χ4v) is 1.57. The topological polar surface area (TPSA) is 101 Å². The van der Waals surface area contributed by atoms with E-state index in [1.165, 1.54) is 35.2 Å². The zero-order chi connectivity index (χ0) is 15.1. The van der Waals surface area contributed by atoms with Gasteiger partial charge in [-0.05, 0) is 12.1 Å². The Kier molecular flexibility index (Phi) is 5.40. The second-order valence-corrected chi connectivity index (χ2v) is 3.99. The van der Waals surface area contributed by atoms with Gasteiger partial charge in [0, 0.05) is 30.8 Å². The Balaban J connectivity index is 2.85. The Hall–Kier alpha value is -2.70. The summed E-state index contributed by atoms with van der Waals surface area (Å²) in [5.41, 5.74) is 0.158. The second kappa shape index (κ2) is 7.03. The minimum atomic E-state index is -1.00. The first kappa shape index (κ1) is 15.4. The quantitative estimate of drug-likeness (QED) is 0.464. The molecule has 106 valence electrons. The summed E-state index contributed by atoms with van der Waals surface area (Å²) >= 11 is 0. The number of rotatable bonds is 7. The van der Waals surface area contributed by atoms with Gasteiger partial charge < -0.3 is 10.0 Å². The van der Waals surface area contributed by atoms with Gasteiger partial charge in [0.2, 0.25) is 0 Å². The van der Waals surface area contributed by atoms with Crippen LogP contribution in [-0.4, -0.2) is 39.9 Å². The average Bonchev–Trinajstić information content (AvgIpc) is 2.42. The zero-order valence-corrected chi connectivity index (χ0v) is 10.7. The molecule has 1 amide bonds. The highest BCUT2D eigenvalue weighted by molar-refractivity contribution is 5.94. The van der Waals surface area contributed by atoms with E-state index in [0.717, 1.165) is 0 Å². The Labute approximate surface area is 115 Å². The van der Waals surface area contributed by atoms with Crippen LogP contribution in [0.3, 0.4) is 0 Å². The molecule has 0 atom stereocenters. The molecule has 0 aliphatic heterocycles. The van der Waals surface area contributed by atoms with Crippen molar-refractivity contribution in [2.24, 2.45) is 0 Å². The maximum Gasteiger partial charge on any atom is 0.305 e. The van der Waals surface area contributed by atoms with E-state index < -0.39 is 10.9 Å². The number of nitro benzene ring substituents is 1. The van der Waals surface area contributed by atoms with Crippen LogP contribution in [0.15, 0.2) is 36.9 Å². The van der Waals surface area contributed by atoms with Gasteiger partial charge in [-0.15, -0.1) is 6.58 Å². The van der Waals surface area contributed by atoms with E-state index in [1.807, 2.05) is 0 Å². The molecule has 0 radical (unpaired) electrons. The standard InChI is InChI=1S/C13H14N2O5/c1-2-8-14(9-7-12(16)17)13(18)10-3-5-11(6-4-10)15(19)20/h2-6H,1,7-9H2,(H,16,17). The molecule has 0 bridgehead atoms. The number of amides is 1. The first-order valence-corrected chi connectivity index (χ1v) is 5.82. The highest BCUT2D eigenvalue weighted by Crippen LogP contribution is 2.13. The molecule has 0 fully saturated rings. The maximum absolute atomic E-state index is 12.1. The summed E-state index contributed by atoms with van der Waals surface area (Å²) in [6.45, 7) is 3.77. The molecule has 0 saturated heterocycles. The third-order valence-corrected chi connectivity index (χ3v) is 2.56. The van der Waals surface area contributed by atoms with Gasteiger partial charge in [0.25, 0.3) is 11.6 Å². The van der Waals surface area contributed by atoms with Crippen LogP contribution >= 0.6 is 0 Å². The van der Waals surface area contributed by atoms with Gasteiger partial charge in [-0.1, -0.05) is 6.08 Å². The molecule has 7 heteroatoms. The van der Waals surface area contributed by atoms with Gasteiger partial charge in [0.15, 0.2) is 0 Å². The summed E-state index contributed by atoms with van der Waals surface area (Å²) in [6.07, 6.45) is 1.32. The molecule has 0 heterocycles. The molecule has 20 heavy (non-hydrogen) atoms. The lowest BCUT2D eigenvalue weighted by atomic mass is 10.1. The van der Waals surface area contributed by atoms with Crippen LogP contribution in [0.25, 0.3) is 0 Å². The highest BCUT2D eigenvalue weighted by atomic mass is 16.6. The number of carbonyl (C=O) groups excluding carboxylic acids is 1. The van der Waals surface area contributed by atoms with Crippen LogP contribution in [0.4, 0.5) is 5.69 Å². The Bertz CT molecular complexity index is 524. The number of benzene rings is 1. The summed E-state index contributed by atoms with van der Waals surface area (Å²) in [4.78, 5) is 34.0. The number of hydrogen-bond donors (Lipinski definition) is 1. The average molecular weight is 278 g/mol. The lowest BCUT2D eigenvalue weighted by Crippen LogP contribution is -2.33. The van der Waals surface area contributed by atoms with Crippen LogP contribution < -0.4 is 0 Å². The SMILES string of the molecule is C=CCN(CCC(=O)O)C(=O)c1ccc([N+](=O)[O-])cc1. The molecule has 0 aromatic heterocycles. The third kappa shape index (κ3) is 4.20. The van der Waals surface area contributed by atoms with Gasteiger partial charge in [0.1, 0.15) is 0 Å². The predicted octanol–water partition coefficient (Wildman–Crippen LogP) is 1.70. The lowest BCUT2D eigenvalue weighted by molar-refractivity contribution is -0.384. The van der Waals surface area contributed by atoms with Crippen molar-refractivity contribution in [3.63, 3.8) is 0 Å². The normalized spacial score (nSPS) is 9.80. The molecule has 1 aromatic rings. The predicted molar refractivity (Wildman–Crippen MR) is 71.4 cm³/mol. The molecule has 1 N–H and O–H groups in total. The van der Waals surface area contributed by atoms with Gasteiger partial charge in [-0.25, -0.2) is 0 Å². The van der Waals surface area contributed by atoms with Crippen molar-refractivity contribution in [2.45, 2.75) is 6.42 Å². The fraction of sp³-hybridized carbons (Fsp3) is 0.231. The van der Waals surface area contributed by atoms with Gasteiger partial charge in [0.05, 0.1) is 11.3 Å². The monoisotopic (exact) mass is 278 g/mol. The summed E-state index contributed by atoms with van der Waals surface area (Å²) in [5.74, 6) is -1.39. The molecule has 7 nitrogen and oxygen atoms in total. The summed E-state index contributed by atoms with van der Waals surface area (Å²) < 4.78 is 0. The molecule has 1 aromatic carbocycles. The van der Waals surface area contributed by atoms with E-state index in [2.05, 4.69) is 6.58 Å². The molecule has 0 aliphatic carbocycles. The Morgan fingerprint density at radius 2 is 1.95 bits per heavy atom. The van der Waals surface area contributed by atoms with E-state index in [-0.39, 0.29) is 36.7 Å². The van der Waals surface area contributed by atoms with Crippen LogP contribution in [0.5, 0.6) is 0 Å². The number of carbonyl (C=O) groups is 2. The molecule has 0 unspecified atom stereocenters. The smallest absolute Gasteiger partial charge is 0.305 e. The molecular weight excluding hydrogens is 264 g/mol. The first-order valence-electron chi connectivity index (χ1n) is 5.82. The van der Waals surface area contributed by atoms with Crippen molar-refractivity contribution in [3.05, 3.63) is 52.6 Å². The van der Waals surface area contributed by atoms with Crippen molar-refractivity contribution < 1.29 is 19.6 Å². The van der Waals surface area contributed by atoms with Crippen LogP contribution in [0.1, 0.15) is 16.8 Å². The molecule has 0 aliphatic rings. The number of aliphatic carboxylic acids is 1. The van der Waals surface area contributed by atoms with E-state index >= 15 is 0 Å². The minimum absolute atomic E-state index is 0.0528. The first-order chi connectivity index (χ1) is 9.45. The van der Waals surface area contributed by atoms with Gasteiger partial charge in [-0.3, -0.25) is 19.7 Å². The third-order valence-electron chi connectivity index (χ3n) is 2.56. The van der Waals surface area contributed by atoms with Crippen molar-refractivity contribution >= 4 is 17.6 Å². The second-order valence-electron chi connectivity index (χ2n) is 3.99. The van der Waals surface area contributed by atoms with Crippen molar-refractivity contribution in [1.82, 2.24) is 4.90 Å². The molecule has 1 rings (SSSR count). The van der Waals surface area contributed by atoms with E-state index in [1.54, 1.807) is 0 Å². The minimum Gasteiger partial charge on any atom is -0.481 e. The van der Waals surface area contributed by atoms with E-state index in [9.17, 15) is 19.7 Å². The largest absolute Gasteiger partial charge is 0.481 e. The van der Waals surface area contributed by atoms with Crippen LogP contribution in [0.2, 0.25) is 0 Å². The number of non-ortho nitro benzene ring substituents is 1. The number of nitrogens with zero attached hydrogens (tertiary/aromatic N) is 2. The van der Waals surface area contributed by atoms with E-state index in [0.29, 0.717) is 0 Å². The summed E-state index contributed by atoms with van der Waals surface area (Å²) in [5, 5.41) is 19.2. The van der Waals surface area contributed by atoms with Crippen LogP contribution in [0, 0.1) is 10.1 Å². The van der Waals surface area contributed by atoms with Crippen molar-refractivity contribution in [3.8, 4) is 0 Å². The Morgan fingerprint density at radius 1 is 1.35 bits per heavy atom. The van der Waals surface area contributed by atoms with E-state index in [4.69, 9.17) is 5.11 Å². The van der Waals surface area contributed by atoms with Gasteiger partial charge >= 0.3 is 5.97 Å². The molecule has 0 spiro atoms. The summed E-state index contributed by atoms with van der Waals surface area (Å²) in [7, 11) is 0. The number of nitro groups is 1. The lowest BCUT2D eigenvalue weighted by Gasteiger charge is -2.20. The summed E-state index contributed by atoms with van der Waals surface area (Å²) in [6, 6.07) is 5.15.